The van der Waals surface area contributed by atoms with Gasteiger partial charge in [-0.25, -0.2) is 0 Å². The van der Waals surface area contributed by atoms with Gasteiger partial charge < -0.3 is 15.2 Å². The second-order valence-electron chi connectivity index (χ2n) is 10.4. The van der Waals surface area contributed by atoms with Crippen LogP contribution in [0.15, 0.2) is 72.3 Å². The van der Waals surface area contributed by atoms with Crippen LogP contribution in [0, 0.1) is 5.92 Å². The number of ether oxygens (including phenoxy) is 1. The molecule has 2 atom stereocenters. The van der Waals surface area contributed by atoms with E-state index in [9.17, 15) is 9.59 Å². The first-order valence-corrected chi connectivity index (χ1v) is 12.9. The number of unbranched alkanes of at least 4 members (excludes halogenated alkanes) is 1. The van der Waals surface area contributed by atoms with Crippen molar-refractivity contribution >= 4 is 11.9 Å². The summed E-state index contributed by atoms with van der Waals surface area (Å²) >= 11 is 0. The Bertz CT molecular complexity index is 1080. The minimum absolute atomic E-state index is 0.0722. The van der Waals surface area contributed by atoms with Gasteiger partial charge in [0.1, 0.15) is 11.9 Å². The maximum Gasteiger partial charge on any atom is 0.305 e. The van der Waals surface area contributed by atoms with E-state index in [1.807, 2.05) is 24.3 Å². The van der Waals surface area contributed by atoms with Crippen LogP contribution in [-0.4, -0.2) is 29.6 Å². The van der Waals surface area contributed by atoms with Crippen molar-refractivity contribution in [2.75, 3.05) is 6.54 Å². The van der Waals surface area contributed by atoms with Gasteiger partial charge in [-0.15, -0.1) is 0 Å². The third-order valence-corrected chi connectivity index (χ3v) is 6.51. The minimum atomic E-state index is -0.918. The number of allylic oxidation sites excluding steroid dienone is 1. The Balaban J connectivity index is 1.63. The highest BCUT2D eigenvalue weighted by atomic mass is 16.5. The average Bonchev–Trinajstić information content (AvgIpc) is 2.86. The van der Waals surface area contributed by atoms with Crippen molar-refractivity contribution in [3.05, 3.63) is 77.9 Å². The fourth-order valence-corrected chi connectivity index (χ4v) is 4.23. The molecule has 36 heavy (non-hydrogen) atoms. The Kier molecular flexibility index (Phi) is 9.51. The number of benzene rings is 2. The van der Waals surface area contributed by atoms with E-state index in [0.29, 0.717) is 6.42 Å². The van der Waals surface area contributed by atoms with Crippen LogP contribution in [0.4, 0.5) is 0 Å². The molecule has 5 heteroatoms. The predicted octanol–water partition coefficient (Wildman–Crippen LogP) is 6.68. The number of hydrogen-bond donors (Lipinski definition) is 2. The molecule has 0 saturated heterocycles. The monoisotopic (exact) mass is 489 g/mol. The fraction of sp³-hybridized carbons (Fsp3) is 0.419. The zero-order valence-electron chi connectivity index (χ0n) is 21.9. The normalized spacial score (nSPS) is 16.2. The molecule has 0 spiro atoms. The van der Waals surface area contributed by atoms with Gasteiger partial charge in [-0.2, -0.15) is 0 Å². The van der Waals surface area contributed by atoms with Crippen LogP contribution in [0.25, 0.3) is 11.1 Å². The summed E-state index contributed by atoms with van der Waals surface area (Å²) in [5.74, 6) is -0.508. The average molecular weight is 490 g/mol. The molecule has 1 aliphatic carbocycles. The number of carbonyl (C=O) groups is 2. The van der Waals surface area contributed by atoms with Gasteiger partial charge in [0.05, 0.1) is 12.3 Å². The standard InChI is InChI=1S/C31H39NO4/c1-5-6-7-28(24-8-10-25(11-9-24)30(35)32-21-20-29(33)34)36-27-18-14-23(15-19-27)22-12-16-26(17-13-22)31(2,3)4/h8-10,12-19,25,28H,5-7,11,20-21H2,1-4H3,(H,32,35)(H,33,34). The Morgan fingerprint density at radius 2 is 1.69 bits per heavy atom. The lowest BCUT2D eigenvalue weighted by Crippen LogP contribution is -2.32. The van der Waals surface area contributed by atoms with E-state index in [2.05, 4.69) is 75.5 Å². The molecule has 0 saturated carbocycles. The molecule has 192 valence electrons. The zero-order valence-corrected chi connectivity index (χ0v) is 21.9. The Labute approximate surface area is 215 Å². The summed E-state index contributed by atoms with van der Waals surface area (Å²) in [6.07, 6.45) is 9.42. The zero-order chi connectivity index (χ0) is 26.1. The summed E-state index contributed by atoms with van der Waals surface area (Å²) in [6.45, 7) is 8.97. The molecular formula is C31H39NO4. The van der Waals surface area contributed by atoms with Crippen LogP contribution in [0.1, 0.15) is 65.4 Å². The van der Waals surface area contributed by atoms with Gasteiger partial charge >= 0.3 is 5.97 Å². The molecule has 2 aromatic rings. The first-order chi connectivity index (χ1) is 17.2. The topological polar surface area (TPSA) is 75.6 Å². The summed E-state index contributed by atoms with van der Waals surface area (Å²) in [6, 6.07) is 17.0. The van der Waals surface area contributed by atoms with Gasteiger partial charge in [0.2, 0.25) is 5.91 Å². The smallest absolute Gasteiger partial charge is 0.305 e. The first-order valence-electron chi connectivity index (χ1n) is 12.9. The van der Waals surface area contributed by atoms with Crippen molar-refractivity contribution in [1.82, 2.24) is 5.32 Å². The third kappa shape index (κ3) is 7.84. The molecule has 0 bridgehead atoms. The highest BCUT2D eigenvalue weighted by Gasteiger charge is 2.22. The summed E-state index contributed by atoms with van der Waals surface area (Å²) in [5.41, 5.74) is 4.87. The number of carboxylic acid groups (broad SMARTS) is 1. The molecule has 1 aliphatic rings. The summed E-state index contributed by atoms with van der Waals surface area (Å²) < 4.78 is 6.41. The molecule has 2 N–H and O–H groups in total. The number of aliphatic carboxylic acids is 1. The van der Waals surface area contributed by atoms with Crippen LogP contribution in [0.2, 0.25) is 0 Å². The van der Waals surface area contributed by atoms with Gasteiger partial charge in [-0.3, -0.25) is 9.59 Å². The molecule has 3 rings (SSSR count). The highest BCUT2D eigenvalue weighted by Crippen LogP contribution is 2.29. The van der Waals surface area contributed by atoms with E-state index in [1.54, 1.807) is 0 Å². The molecule has 0 fully saturated rings. The lowest BCUT2D eigenvalue weighted by atomic mass is 9.86. The van der Waals surface area contributed by atoms with E-state index in [0.717, 1.165) is 36.1 Å². The van der Waals surface area contributed by atoms with Crippen molar-refractivity contribution in [2.24, 2.45) is 5.92 Å². The largest absolute Gasteiger partial charge is 0.486 e. The van der Waals surface area contributed by atoms with Crippen LogP contribution in [0.5, 0.6) is 5.75 Å². The van der Waals surface area contributed by atoms with E-state index in [1.165, 1.54) is 11.1 Å². The van der Waals surface area contributed by atoms with Crippen LogP contribution in [-0.2, 0) is 15.0 Å². The molecule has 0 radical (unpaired) electrons. The number of rotatable bonds is 11. The van der Waals surface area contributed by atoms with Crippen molar-refractivity contribution in [3.63, 3.8) is 0 Å². The van der Waals surface area contributed by atoms with Gasteiger partial charge in [0, 0.05) is 6.54 Å². The minimum Gasteiger partial charge on any atom is -0.486 e. The Morgan fingerprint density at radius 3 is 2.22 bits per heavy atom. The van der Waals surface area contributed by atoms with Crippen LogP contribution < -0.4 is 10.1 Å². The number of amides is 1. The van der Waals surface area contributed by atoms with E-state index in [4.69, 9.17) is 9.84 Å². The predicted molar refractivity (Wildman–Crippen MR) is 145 cm³/mol. The third-order valence-electron chi connectivity index (χ3n) is 6.51. The lowest BCUT2D eigenvalue weighted by Gasteiger charge is -2.24. The summed E-state index contributed by atoms with van der Waals surface area (Å²) in [5, 5.41) is 11.4. The second-order valence-corrected chi connectivity index (χ2v) is 10.4. The Morgan fingerprint density at radius 1 is 1.06 bits per heavy atom. The number of nitrogens with one attached hydrogen (secondary N) is 1. The van der Waals surface area contributed by atoms with E-state index >= 15 is 0 Å². The van der Waals surface area contributed by atoms with Gasteiger partial charge in [-0.1, -0.05) is 88.7 Å². The van der Waals surface area contributed by atoms with Crippen molar-refractivity contribution in [3.8, 4) is 16.9 Å². The van der Waals surface area contributed by atoms with Crippen LogP contribution >= 0.6 is 0 Å². The molecule has 0 heterocycles. The molecule has 0 aliphatic heterocycles. The SMILES string of the molecule is CCCCC(Oc1ccc(-c2ccc(C(C)(C)C)cc2)cc1)C1=CCC(C(=O)NCCC(=O)O)C=C1. The number of carboxylic acids is 1. The van der Waals surface area contributed by atoms with Crippen LogP contribution in [0.3, 0.4) is 0 Å². The van der Waals surface area contributed by atoms with E-state index in [-0.39, 0.29) is 36.3 Å². The maximum absolute atomic E-state index is 12.3. The van der Waals surface area contributed by atoms with Crippen molar-refractivity contribution in [2.45, 2.75) is 71.3 Å². The lowest BCUT2D eigenvalue weighted by molar-refractivity contribution is -0.137. The molecule has 5 nitrogen and oxygen atoms in total. The molecule has 2 aromatic carbocycles. The van der Waals surface area contributed by atoms with Gasteiger partial charge in [-0.05, 0) is 59.1 Å². The second kappa shape index (κ2) is 12.6. The van der Waals surface area contributed by atoms with Crippen molar-refractivity contribution < 1.29 is 19.4 Å². The molecule has 0 aromatic heterocycles. The summed E-state index contributed by atoms with van der Waals surface area (Å²) in [4.78, 5) is 23.0. The molecular weight excluding hydrogens is 450 g/mol. The number of carbonyl (C=O) groups excluding carboxylic acids is 1. The highest BCUT2D eigenvalue weighted by molar-refractivity contribution is 5.81. The first kappa shape index (κ1) is 27.3. The van der Waals surface area contributed by atoms with Crippen molar-refractivity contribution in [1.29, 1.82) is 0 Å². The molecule has 1 amide bonds. The quantitative estimate of drug-likeness (QED) is 0.369. The maximum atomic E-state index is 12.3. The number of hydrogen-bond acceptors (Lipinski definition) is 3. The van der Waals surface area contributed by atoms with E-state index < -0.39 is 5.97 Å². The summed E-state index contributed by atoms with van der Waals surface area (Å²) in [7, 11) is 0. The fourth-order valence-electron chi connectivity index (χ4n) is 4.23. The Hall–Kier alpha value is -3.34. The van der Waals surface area contributed by atoms with Gasteiger partial charge in [0.25, 0.3) is 0 Å². The van der Waals surface area contributed by atoms with Gasteiger partial charge in [0.15, 0.2) is 0 Å². The molecule has 2 unspecified atom stereocenters.